The van der Waals surface area contributed by atoms with Crippen LogP contribution in [-0.4, -0.2) is 64.4 Å². The molecular weight excluding hydrogens is 466 g/mol. The molecule has 0 spiro atoms. The first kappa shape index (κ1) is 26.4. The van der Waals surface area contributed by atoms with Crippen molar-refractivity contribution in [3.8, 4) is 5.69 Å². The minimum atomic E-state index is -0.954. The summed E-state index contributed by atoms with van der Waals surface area (Å²) in [7, 11) is 0. The van der Waals surface area contributed by atoms with Crippen molar-refractivity contribution in [2.45, 2.75) is 40.7 Å². The van der Waals surface area contributed by atoms with Crippen molar-refractivity contribution in [2.24, 2.45) is 5.92 Å². The number of aromatic nitrogens is 2. The van der Waals surface area contributed by atoms with Gasteiger partial charge in [0.1, 0.15) is 0 Å². The lowest BCUT2D eigenvalue weighted by Gasteiger charge is -2.36. The molecule has 3 aromatic rings. The van der Waals surface area contributed by atoms with Crippen LogP contribution in [0.15, 0.2) is 48.5 Å². The quantitative estimate of drug-likeness (QED) is 0.461. The number of rotatable bonds is 9. The van der Waals surface area contributed by atoms with Crippen LogP contribution in [0.2, 0.25) is 0 Å². The predicted molar refractivity (Wildman–Crippen MR) is 145 cm³/mol. The number of hydrogen-bond acceptors (Lipinski definition) is 5. The van der Waals surface area contributed by atoms with Crippen molar-refractivity contribution < 1.29 is 14.7 Å². The number of carboxylic acids is 1. The zero-order chi connectivity index (χ0) is 26.5. The predicted octanol–water partition coefficient (Wildman–Crippen LogP) is 3.82. The molecule has 8 nitrogen and oxygen atoms in total. The van der Waals surface area contributed by atoms with Gasteiger partial charge in [-0.2, -0.15) is 5.10 Å². The van der Waals surface area contributed by atoms with Gasteiger partial charge in [0, 0.05) is 37.6 Å². The van der Waals surface area contributed by atoms with Gasteiger partial charge in [-0.3, -0.25) is 9.69 Å². The fourth-order valence-electron chi connectivity index (χ4n) is 4.77. The van der Waals surface area contributed by atoms with E-state index in [0.29, 0.717) is 19.0 Å². The summed E-state index contributed by atoms with van der Waals surface area (Å²) < 4.78 is 1.85. The Labute approximate surface area is 218 Å². The number of anilines is 1. The molecule has 0 bridgehead atoms. The van der Waals surface area contributed by atoms with Gasteiger partial charge in [-0.15, -0.1) is 0 Å². The smallest absolute Gasteiger partial charge is 0.335 e. The van der Waals surface area contributed by atoms with Crippen molar-refractivity contribution in [1.29, 1.82) is 0 Å². The van der Waals surface area contributed by atoms with Gasteiger partial charge in [0.25, 0.3) is 0 Å². The Bertz CT molecular complexity index is 1240. The topological polar surface area (TPSA) is 90.7 Å². The molecule has 196 valence electrons. The summed E-state index contributed by atoms with van der Waals surface area (Å²) in [6.07, 6.45) is 0.826. The van der Waals surface area contributed by atoms with Crippen LogP contribution in [0.3, 0.4) is 0 Å². The molecule has 0 aliphatic carbocycles. The van der Waals surface area contributed by atoms with E-state index in [1.165, 1.54) is 16.8 Å². The number of carbonyl (C=O) groups excluding carboxylic acids is 1. The van der Waals surface area contributed by atoms with Crippen molar-refractivity contribution >= 4 is 17.6 Å². The van der Waals surface area contributed by atoms with Crippen LogP contribution in [0.25, 0.3) is 5.69 Å². The lowest BCUT2D eigenvalue weighted by molar-refractivity contribution is -0.122. The van der Waals surface area contributed by atoms with Gasteiger partial charge < -0.3 is 15.3 Å². The fourth-order valence-corrected chi connectivity index (χ4v) is 4.77. The van der Waals surface area contributed by atoms with Crippen LogP contribution in [0, 0.1) is 19.8 Å². The Kier molecular flexibility index (Phi) is 8.28. The maximum atomic E-state index is 12.7. The number of carboxylic acid groups (broad SMARTS) is 1. The number of aryl methyl sites for hydroxylation is 1. The molecule has 0 unspecified atom stereocenters. The second-order valence-electron chi connectivity index (χ2n) is 10.2. The summed E-state index contributed by atoms with van der Waals surface area (Å²) in [5, 5.41) is 16.9. The van der Waals surface area contributed by atoms with E-state index in [9.17, 15) is 14.7 Å². The highest BCUT2D eigenvalue weighted by Crippen LogP contribution is 2.24. The zero-order valence-corrected chi connectivity index (χ0v) is 22.2. The molecule has 1 amide bonds. The Balaban J connectivity index is 1.33. The average molecular weight is 504 g/mol. The lowest BCUT2D eigenvalue weighted by Crippen LogP contribution is -2.49. The molecule has 2 N–H and O–H groups in total. The van der Waals surface area contributed by atoms with E-state index in [1.807, 2.05) is 10.7 Å². The van der Waals surface area contributed by atoms with E-state index >= 15 is 0 Å². The highest BCUT2D eigenvalue weighted by molar-refractivity contribution is 5.87. The minimum Gasteiger partial charge on any atom is -0.478 e. The van der Waals surface area contributed by atoms with E-state index in [1.54, 1.807) is 24.3 Å². The third-order valence-electron chi connectivity index (χ3n) is 6.93. The molecule has 1 aromatic heterocycles. The first-order valence-electron chi connectivity index (χ1n) is 12.9. The molecule has 37 heavy (non-hydrogen) atoms. The largest absolute Gasteiger partial charge is 0.478 e. The van der Waals surface area contributed by atoms with Gasteiger partial charge in [-0.05, 0) is 73.7 Å². The number of carbonyl (C=O) groups is 2. The van der Waals surface area contributed by atoms with Gasteiger partial charge in [-0.1, -0.05) is 26.0 Å². The van der Waals surface area contributed by atoms with Crippen molar-refractivity contribution in [2.75, 3.05) is 37.6 Å². The monoisotopic (exact) mass is 503 g/mol. The SMILES string of the molecule is Cc1cccc(N2CCN(CC(=O)NCc3cc(CC(C)C)n(-c4ccc(C(=O)O)cc4)n3)CC2)c1C. The van der Waals surface area contributed by atoms with Crippen LogP contribution in [-0.2, 0) is 17.8 Å². The summed E-state index contributed by atoms with van der Waals surface area (Å²) in [5.41, 5.74) is 6.77. The summed E-state index contributed by atoms with van der Waals surface area (Å²) in [6, 6.07) is 15.1. The van der Waals surface area contributed by atoms with E-state index in [4.69, 9.17) is 5.10 Å². The first-order chi connectivity index (χ1) is 17.7. The normalized spacial score (nSPS) is 14.2. The van der Waals surface area contributed by atoms with Crippen LogP contribution in [0.1, 0.15) is 46.7 Å². The third kappa shape index (κ3) is 6.57. The molecule has 1 saturated heterocycles. The Hall–Kier alpha value is -3.65. The molecule has 4 rings (SSSR count). The van der Waals surface area contributed by atoms with Crippen molar-refractivity contribution in [3.05, 3.63) is 76.6 Å². The van der Waals surface area contributed by atoms with Gasteiger partial charge in [0.05, 0.1) is 30.0 Å². The van der Waals surface area contributed by atoms with E-state index in [2.05, 4.69) is 61.0 Å². The second-order valence-corrected chi connectivity index (χ2v) is 10.2. The van der Waals surface area contributed by atoms with Crippen LogP contribution < -0.4 is 10.2 Å². The molecule has 1 aliphatic rings. The molecule has 2 aromatic carbocycles. The van der Waals surface area contributed by atoms with E-state index < -0.39 is 5.97 Å². The number of hydrogen-bond donors (Lipinski definition) is 2. The summed E-state index contributed by atoms with van der Waals surface area (Å²) in [4.78, 5) is 28.5. The summed E-state index contributed by atoms with van der Waals surface area (Å²) in [5.74, 6) is -0.533. The fraction of sp³-hybridized carbons (Fsp3) is 0.414. The van der Waals surface area contributed by atoms with Gasteiger partial charge >= 0.3 is 5.97 Å². The molecule has 1 aliphatic heterocycles. The van der Waals surface area contributed by atoms with Crippen LogP contribution >= 0.6 is 0 Å². The third-order valence-corrected chi connectivity index (χ3v) is 6.93. The van der Waals surface area contributed by atoms with E-state index in [0.717, 1.165) is 49.7 Å². The van der Waals surface area contributed by atoms with Crippen LogP contribution in [0.5, 0.6) is 0 Å². The highest BCUT2D eigenvalue weighted by Gasteiger charge is 2.21. The number of benzene rings is 2. The first-order valence-corrected chi connectivity index (χ1v) is 12.9. The molecule has 0 saturated carbocycles. The average Bonchev–Trinajstić information content (AvgIpc) is 3.27. The van der Waals surface area contributed by atoms with Gasteiger partial charge in [0.15, 0.2) is 0 Å². The number of nitrogens with zero attached hydrogens (tertiary/aromatic N) is 4. The Morgan fingerprint density at radius 3 is 2.38 bits per heavy atom. The Morgan fingerprint density at radius 1 is 1.03 bits per heavy atom. The molecule has 0 atom stereocenters. The summed E-state index contributed by atoms with van der Waals surface area (Å²) >= 11 is 0. The van der Waals surface area contributed by atoms with E-state index in [-0.39, 0.29) is 11.5 Å². The maximum absolute atomic E-state index is 12.7. The molecule has 1 fully saturated rings. The molecule has 0 radical (unpaired) electrons. The number of nitrogens with one attached hydrogen (secondary N) is 1. The lowest BCUT2D eigenvalue weighted by atomic mass is 10.1. The molecular formula is C29H37N5O3. The summed E-state index contributed by atoms with van der Waals surface area (Å²) in [6.45, 7) is 12.8. The number of amides is 1. The minimum absolute atomic E-state index is 0.00837. The van der Waals surface area contributed by atoms with Crippen molar-refractivity contribution in [1.82, 2.24) is 20.0 Å². The maximum Gasteiger partial charge on any atom is 0.335 e. The molecule has 2 heterocycles. The second kappa shape index (κ2) is 11.6. The van der Waals surface area contributed by atoms with Crippen LogP contribution in [0.4, 0.5) is 5.69 Å². The van der Waals surface area contributed by atoms with Crippen molar-refractivity contribution in [3.63, 3.8) is 0 Å². The zero-order valence-electron chi connectivity index (χ0n) is 22.2. The Morgan fingerprint density at radius 2 is 1.73 bits per heavy atom. The standard InChI is InChI=1S/C29H37N5O3/c1-20(2)16-26-17-24(31-34(26)25-10-8-23(9-11-25)29(36)37)18-30-28(35)19-32-12-14-33(15-13-32)27-7-5-6-21(3)22(27)4/h5-11,17,20H,12-16,18-19H2,1-4H3,(H,30,35)(H,36,37). The highest BCUT2D eigenvalue weighted by atomic mass is 16.4. The van der Waals surface area contributed by atoms with Gasteiger partial charge in [-0.25, -0.2) is 9.48 Å². The number of piperazine rings is 1. The van der Waals surface area contributed by atoms with Gasteiger partial charge in [0.2, 0.25) is 5.91 Å². The molecule has 8 heteroatoms. The number of aromatic carboxylic acids is 1.